The molecule has 0 radical (unpaired) electrons. The predicted molar refractivity (Wildman–Crippen MR) is 64.2 cm³/mol. The second-order valence-electron chi connectivity index (χ2n) is 6.15. The van der Waals surface area contributed by atoms with Gasteiger partial charge in [-0.05, 0) is 35.0 Å². The largest absolute Gasteiger partial charge is 0.103 e. The van der Waals surface area contributed by atoms with Gasteiger partial charge in [-0.1, -0.05) is 47.6 Å². The molecule has 1 aliphatic rings. The lowest BCUT2D eigenvalue weighted by Crippen LogP contribution is -2.55. The topological polar surface area (TPSA) is 0 Å². The quantitative estimate of drug-likeness (QED) is 0.580. The first kappa shape index (κ1) is 11.8. The number of hydrogen-bond acceptors (Lipinski definition) is 0. The second kappa shape index (κ2) is 3.40. The van der Waals surface area contributed by atoms with Gasteiger partial charge in [0.1, 0.15) is 0 Å². The Kier molecular flexibility index (Phi) is 2.87. The van der Waals surface area contributed by atoms with Crippen molar-refractivity contribution in [3.8, 4) is 0 Å². The molecular weight excluding hydrogens is 168 g/mol. The van der Waals surface area contributed by atoms with Crippen molar-refractivity contribution in [2.75, 3.05) is 0 Å². The van der Waals surface area contributed by atoms with Gasteiger partial charge in [0.25, 0.3) is 0 Å². The SMILES string of the molecule is C=CC1(C)CC(C)(C(C)C(C)C)C1C. The molecule has 14 heavy (non-hydrogen) atoms. The van der Waals surface area contributed by atoms with E-state index in [1.165, 1.54) is 6.42 Å². The Balaban J connectivity index is 2.78. The highest BCUT2D eigenvalue weighted by molar-refractivity contribution is 5.13. The lowest BCUT2D eigenvalue weighted by Gasteiger charge is -2.62. The molecule has 1 fully saturated rings. The van der Waals surface area contributed by atoms with E-state index in [-0.39, 0.29) is 0 Å². The van der Waals surface area contributed by atoms with E-state index in [9.17, 15) is 0 Å². The van der Waals surface area contributed by atoms with Crippen LogP contribution in [0.5, 0.6) is 0 Å². The minimum Gasteiger partial charge on any atom is -0.103 e. The summed E-state index contributed by atoms with van der Waals surface area (Å²) in [5.41, 5.74) is 0.912. The molecule has 1 aliphatic carbocycles. The van der Waals surface area contributed by atoms with E-state index < -0.39 is 0 Å². The van der Waals surface area contributed by atoms with E-state index in [0.717, 1.165) is 17.8 Å². The van der Waals surface area contributed by atoms with Crippen LogP contribution in [0.4, 0.5) is 0 Å². The summed E-state index contributed by atoms with van der Waals surface area (Å²) in [5, 5.41) is 0. The summed E-state index contributed by atoms with van der Waals surface area (Å²) in [4.78, 5) is 0. The fraction of sp³-hybridized carbons (Fsp3) is 0.857. The van der Waals surface area contributed by atoms with Crippen molar-refractivity contribution in [3.63, 3.8) is 0 Å². The van der Waals surface area contributed by atoms with Crippen molar-refractivity contribution in [2.24, 2.45) is 28.6 Å². The van der Waals surface area contributed by atoms with Gasteiger partial charge in [0.15, 0.2) is 0 Å². The Labute approximate surface area is 89.8 Å². The molecule has 1 rings (SSSR count). The first-order valence-corrected chi connectivity index (χ1v) is 5.91. The van der Waals surface area contributed by atoms with Gasteiger partial charge < -0.3 is 0 Å². The molecule has 82 valence electrons. The molecule has 0 spiro atoms. The summed E-state index contributed by atoms with van der Waals surface area (Å²) in [6, 6.07) is 0. The number of rotatable bonds is 3. The van der Waals surface area contributed by atoms with Crippen LogP contribution in [-0.2, 0) is 0 Å². The highest BCUT2D eigenvalue weighted by Crippen LogP contribution is 2.63. The zero-order valence-electron chi connectivity index (χ0n) is 10.7. The monoisotopic (exact) mass is 194 g/mol. The minimum absolute atomic E-state index is 0.387. The third-order valence-corrected chi connectivity index (χ3v) is 5.25. The van der Waals surface area contributed by atoms with Gasteiger partial charge >= 0.3 is 0 Å². The molecular formula is C14H26. The summed E-state index contributed by atoms with van der Waals surface area (Å²) in [5.74, 6) is 2.37. The summed E-state index contributed by atoms with van der Waals surface area (Å²) < 4.78 is 0. The van der Waals surface area contributed by atoms with Gasteiger partial charge in [0.05, 0.1) is 0 Å². The number of hydrogen-bond donors (Lipinski definition) is 0. The molecule has 4 unspecified atom stereocenters. The molecule has 0 aromatic carbocycles. The average molecular weight is 194 g/mol. The van der Waals surface area contributed by atoms with Gasteiger partial charge in [-0.15, -0.1) is 6.58 Å². The number of allylic oxidation sites excluding steroid dienone is 1. The molecule has 0 heterocycles. The van der Waals surface area contributed by atoms with E-state index in [2.05, 4.69) is 54.2 Å². The second-order valence-corrected chi connectivity index (χ2v) is 6.15. The molecule has 0 aromatic heterocycles. The highest BCUT2D eigenvalue weighted by atomic mass is 14.6. The van der Waals surface area contributed by atoms with Gasteiger partial charge in [-0.25, -0.2) is 0 Å². The van der Waals surface area contributed by atoms with Crippen LogP contribution in [0.1, 0.15) is 48.0 Å². The predicted octanol–water partition coefficient (Wildman–Crippen LogP) is 4.52. The van der Waals surface area contributed by atoms with Crippen molar-refractivity contribution in [3.05, 3.63) is 12.7 Å². The molecule has 0 aromatic rings. The third kappa shape index (κ3) is 1.43. The van der Waals surface area contributed by atoms with Crippen LogP contribution in [0.2, 0.25) is 0 Å². The molecule has 0 amide bonds. The van der Waals surface area contributed by atoms with Crippen LogP contribution in [-0.4, -0.2) is 0 Å². The fourth-order valence-corrected chi connectivity index (χ4v) is 3.31. The molecule has 0 heteroatoms. The summed E-state index contributed by atoms with van der Waals surface area (Å²) >= 11 is 0. The minimum atomic E-state index is 0.387. The zero-order chi connectivity index (χ0) is 11.1. The van der Waals surface area contributed by atoms with Crippen molar-refractivity contribution in [1.82, 2.24) is 0 Å². The Morgan fingerprint density at radius 2 is 1.79 bits per heavy atom. The fourth-order valence-electron chi connectivity index (χ4n) is 3.31. The van der Waals surface area contributed by atoms with E-state index >= 15 is 0 Å². The molecule has 0 aliphatic heterocycles. The van der Waals surface area contributed by atoms with Crippen LogP contribution in [0.25, 0.3) is 0 Å². The van der Waals surface area contributed by atoms with E-state index in [0.29, 0.717) is 10.8 Å². The van der Waals surface area contributed by atoms with Crippen LogP contribution < -0.4 is 0 Å². The Bertz CT molecular complexity index is 228. The van der Waals surface area contributed by atoms with Gasteiger partial charge in [-0.2, -0.15) is 0 Å². The maximum absolute atomic E-state index is 3.97. The first-order chi connectivity index (χ1) is 6.28. The van der Waals surface area contributed by atoms with Crippen molar-refractivity contribution >= 4 is 0 Å². The first-order valence-electron chi connectivity index (χ1n) is 5.91. The lowest BCUT2D eigenvalue weighted by atomic mass is 9.43. The smallest absolute Gasteiger partial charge is 0.0113 e. The zero-order valence-corrected chi connectivity index (χ0v) is 10.7. The Morgan fingerprint density at radius 1 is 1.29 bits per heavy atom. The highest BCUT2D eigenvalue weighted by Gasteiger charge is 2.56. The average Bonchev–Trinajstić information content (AvgIpc) is 2.15. The summed E-state index contributed by atoms with van der Waals surface area (Å²) in [7, 11) is 0. The van der Waals surface area contributed by atoms with Gasteiger partial charge in [0.2, 0.25) is 0 Å². The van der Waals surface area contributed by atoms with Crippen molar-refractivity contribution in [2.45, 2.75) is 48.0 Å². The van der Waals surface area contributed by atoms with E-state index in [4.69, 9.17) is 0 Å². The lowest BCUT2D eigenvalue weighted by molar-refractivity contribution is -0.110. The van der Waals surface area contributed by atoms with Crippen LogP contribution in [0, 0.1) is 28.6 Å². The third-order valence-electron chi connectivity index (χ3n) is 5.25. The molecule has 0 bridgehead atoms. The maximum atomic E-state index is 3.97. The van der Waals surface area contributed by atoms with Crippen molar-refractivity contribution in [1.29, 1.82) is 0 Å². The Hall–Kier alpha value is -0.260. The molecule has 0 N–H and O–H groups in total. The molecule has 1 saturated carbocycles. The van der Waals surface area contributed by atoms with Crippen LogP contribution in [0.3, 0.4) is 0 Å². The molecule has 0 saturated heterocycles. The van der Waals surface area contributed by atoms with Crippen molar-refractivity contribution < 1.29 is 0 Å². The van der Waals surface area contributed by atoms with Gasteiger partial charge in [-0.3, -0.25) is 0 Å². The van der Waals surface area contributed by atoms with Crippen LogP contribution >= 0.6 is 0 Å². The molecule has 4 atom stereocenters. The van der Waals surface area contributed by atoms with Gasteiger partial charge in [0, 0.05) is 0 Å². The summed E-state index contributed by atoms with van der Waals surface area (Å²) in [6.07, 6.45) is 3.47. The maximum Gasteiger partial charge on any atom is -0.0113 e. The standard InChI is InChI=1S/C14H26/c1-8-13(6)9-14(7,12(13)5)11(4)10(2)3/h8,10-12H,1,9H2,2-7H3. The normalized spacial score (nSPS) is 44.6. The Morgan fingerprint density at radius 3 is 2.07 bits per heavy atom. The van der Waals surface area contributed by atoms with Crippen LogP contribution in [0.15, 0.2) is 12.7 Å². The summed E-state index contributed by atoms with van der Waals surface area (Å²) in [6.45, 7) is 18.3. The van der Waals surface area contributed by atoms with E-state index in [1.807, 2.05) is 0 Å². The van der Waals surface area contributed by atoms with E-state index in [1.54, 1.807) is 0 Å². The molecule has 0 nitrogen and oxygen atoms in total.